The topological polar surface area (TPSA) is 21.3 Å². The van der Waals surface area contributed by atoms with Gasteiger partial charge >= 0.3 is 0 Å². The van der Waals surface area contributed by atoms with Gasteiger partial charge in [-0.25, -0.2) is 0 Å². The lowest BCUT2D eigenvalue weighted by Gasteiger charge is -2.11. The molecule has 1 N–H and O–H groups in total. The number of hydrogen-bond acceptors (Lipinski definition) is 2. The molecular weight excluding hydrogens is 222 g/mol. The predicted octanol–water partition coefficient (Wildman–Crippen LogP) is 3.39. The number of benzene rings is 2. The molecule has 0 aliphatic carbocycles. The molecule has 0 radical (unpaired) electrons. The Balaban J connectivity index is 2.50. The molecule has 0 saturated carbocycles. The molecule has 0 amide bonds. The number of nitrogens with one attached hydrogen (secondary N) is 1. The highest BCUT2D eigenvalue weighted by molar-refractivity contribution is 5.69. The molecule has 0 unspecified atom stereocenters. The van der Waals surface area contributed by atoms with Crippen LogP contribution in [0.25, 0.3) is 11.1 Å². The Morgan fingerprint density at radius 3 is 2.67 bits per heavy atom. The fraction of sp³-hybridized carbons (Fsp3) is 0.250. The number of aryl methyl sites for hydroxylation is 1. The standard InChI is InChI=1S/C16H19NO/c1-12-7-8-14(11-17-2)16(9-12)13-5-4-6-15(10-13)18-3/h4-10,17H,11H2,1-3H3. The first-order chi connectivity index (χ1) is 8.74. The van der Waals surface area contributed by atoms with Crippen LogP contribution in [-0.2, 0) is 6.54 Å². The molecule has 0 fully saturated rings. The van der Waals surface area contributed by atoms with Crippen LogP contribution in [0.4, 0.5) is 0 Å². The molecule has 0 spiro atoms. The van der Waals surface area contributed by atoms with E-state index in [2.05, 4.69) is 42.6 Å². The molecule has 18 heavy (non-hydrogen) atoms. The van der Waals surface area contributed by atoms with Crippen LogP contribution in [0, 0.1) is 6.92 Å². The largest absolute Gasteiger partial charge is 0.497 e. The molecular formula is C16H19NO. The van der Waals surface area contributed by atoms with Gasteiger partial charge in [0, 0.05) is 6.54 Å². The van der Waals surface area contributed by atoms with Crippen LogP contribution in [0.3, 0.4) is 0 Å². The molecule has 2 rings (SSSR count). The summed E-state index contributed by atoms with van der Waals surface area (Å²) in [5.41, 5.74) is 5.04. The molecule has 0 aliphatic heterocycles. The van der Waals surface area contributed by atoms with E-state index in [1.807, 2.05) is 19.2 Å². The van der Waals surface area contributed by atoms with Crippen LogP contribution in [0.15, 0.2) is 42.5 Å². The lowest BCUT2D eigenvalue weighted by atomic mass is 9.97. The Kier molecular flexibility index (Phi) is 4.00. The first-order valence-corrected chi connectivity index (χ1v) is 6.13. The second kappa shape index (κ2) is 5.69. The van der Waals surface area contributed by atoms with Crippen molar-refractivity contribution in [3.05, 3.63) is 53.6 Å². The molecule has 0 saturated heterocycles. The third kappa shape index (κ3) is 2.71. The SMILES string of the molecule is CNCc1ccc(C)cc1-c1cccc(OC)c1. The zero-order valence-electron chi connectivity index (χ0n) is 11.2. The summed E-state index contributed by atoms with van der Waals surface area (Å²) in [5.74, 6) is 0.893. The lowest BCUT2D eigenvalue weighted by Crippen LogP contribution is -2.06. The van der Waals surface area contributed by atoms with E-state index in [0.717, 1.165) is 12.3 Å². The van der Waals surface area contributed by atoms with Crippen molar-refractivity contribution in [3.8, 4) is 16.9 Å². The highest BCUT2D eigenvalue weighted by atomic mass is 16.5. The van der Waals surface area contributed by atoms with Gasteiger partial charge in [-0.15, -0.1) is 0 Å². The average molecular weight is 241 g/mol. The summed E-state index contributed by atoms with van der Waals surface area (Å²) < 4.78 is 5.29. The van der Waals surface area contributed by atoms with Gasteiger partial charge in [0.25, 0.3) is 0 Å². The van der Waals surface area contributed by atoms with E-state index in [1.165, 1.54) is 22.3 Å². The maximum atomic E-state index is 5.29. The van der Waals surface area contributed by atoms with Gasteiger partial charge in [0.1, 0.15) is 5.75 Å². The van der Waals surface area contributed by atoms with E-state index in [1.54, 1.807) is 7.11 Å². The number of hydrogen-bond donors (Lipinski definition) is 1. The Morgan fingerprint density at radius 2 is 1.94 bits per heavy atom. The van der Waals surface area contributed by atoms with Gasteiger partial charge in [0.15, 0.2) is 0 Å². The first-order valence-electron chi connectivity index (χ1n) is 6.13. The summed E-state index contributed by atoms with van der Waals surface area (Å²) in [7, 11) is 3.67. The molecule has 94 valence electrons. The fourth-order valence-corrected chi connectivity index (χ4v) is 2.09. The zero-order valence-corrected chi connectivity index (χ0v) is 11.2. The van der Waals surface area contributed by atoms with Crippen molar-refractivity contribution in [1.82, 2.24) is 5.32 Å². The van der Waals surface area contributed by atoms with E-state index in [9.17, 15) is 0 Å². The van der Waals surface area contributed by atoms with Crippen LogP contribution in [-0.4, -0.2) is 14.2 Å². The van der Waals surface area contributed by atoms with E-state index in [0.29, 0.717) is 0 Å². The minimum absolute atomic E-state index is 0.868. The Labute approximate surface area is 109 Å². The Hall–Kier alpha value is -1.80. The molecule has 0 atom stereocenters. The minimum Gasteiger partial charge on any atom is -0.497 e. The predicted molar refractivity (Wildman–Crippen MR) is 75.9 cm³/mol. The average Bonchev–Trinajstić information content (AvgIpc) is 2.41. The van der Waals surface area contributed by atoms with Crippen molar-refractivity contribution < 1.29 is 4.74 Å². The normalized spacial score (nSPS) is 10.4. The van der Waals surface area contributed by atoms with Crippen LogP contribution >= 0.6 is 0 Å². The zero-order chi connectivity index (χ0) is 13.0. The molecule has 2 aromatic carbocycles. The van der Waals surface area contributed by atoms with Crippen molar-refractivity contribution in [2.24, 2.45) is 0 Å². The Bertz CT molecular complexity index is 534. The second-order valence-electron chi connectivity index (χ2n) is 4.42. The summed E-state index contributed by atoms with van der Waals surface area (Å²) in [6, 6.07) is 14.7. The van der Waals surface area contributed by atoms with Gasteiger partial charge < -0.3 is 10.1 Å². The molecule has 2 aromatic rings. The van der Waals surface area contributed by atoms with Crippen LogP contribution in [0.2, 0.25) is 0 Å². The number of methoxy groups -OCH3 is 1. The summed E-state index contributed by atoms with van der Waals surface area (Å²) in [6.07, 6.45) is 0. The maximum Gasteiger partial charge on any atom is 0.119 e. The van der Waals surface area contributed by atoms with Crippen molar-refractivity contribution in [3.63, 3.8) is 0 Å². The van der Waals surface area contributed by atoms with Crippen LogP contribution in [0.5, 0.6) is 5.75 Å². The van der Waals surface area contributed by atoms with Gasteiger partial charge in [-0.3, -0.25) is 0 Å². The van der Waals surface area contributed by atoms with E-state index < -0.39 is 0 Å². The summed E-state index contributed by atoms with van der Waals surface area (Å²) in [4.78, 5) is 0. The monoisotopic (exact) mass is 241 g/mol. The van der Waals surface area contributed by atoms with Gasteiger partial charge in [0.05, 0.1) is 7.11 Å². The molecule has 0 aromatic heterocycles. The summed E-state index contributed by atoms with van der Waals surface area (Å²) in [5, 5.41) is 3.21. The third-order valence-corrected chi connectivity index (χ3v) is 3.01. The van der Waals surface area contributed by atoms with Crippen molar-refractivity contribution >= 4 is 0 Å². The molecule has 0 aliphatic rings. The van der Waals surface area contributed by atoms with E-state index in [4.69, 9.17) is 4.74 Å². The molecule has 0 heterocycles. The summed E-state index contributed by atoms with van der Waals surface area (Å²) in [6.45, 7) is 2.99. The smallest absolute Gasteiger partial charge is 0.119 e. The molecule has 0 bridgehead atoms. The maximum absolute atomic E-state index is 5.29. The fourth-order valence-electron chi connectivity index (χ4n) is 2.09. The Morgan fingerprint density at radius 1 is 1.11 bits per heavy atom. The van der Waals surface area contributed by atoms with Crippen LogP contribution in [0.1, 0.15) is 11.1 Å². The van der Waals surface area contributed by atoms with Gasteiger partial charge in [0.2, 0.25) is 0 Å². The summed E-state index contributed by atoms with van der Waals surface area (Å²) >= 11 is 0. The number of rotatable bonds is 4. The van der Waals surface area contributed by atoms with Gasteiger partial charge in [-0.2, -0.15) is 0 Å². The highest BCUT2D eigenvalue weighted by Gasteiger charge is 2.06. The van der Waals surface area contributed by atoms with Crippen molar-refractivity contribution in [1.29, 1.82) is 0 Å². The molecule has 2 nitrogen and oxygen atoms in total. The second-order valence-corrected chi connectivity index (χ2v) is 4.42. The van der Waals surface area contributed by atoms with Gasteiger partial charge in [-0.1, -0.05) is 35.9 Å². The van der Waals surface area contributed by atoms with Crippen molar-refractivity contribution in [2.75, 3.05) is 14.2 Å². The quantitative estimate of drug-likeness (QED) is 0.886. The minimum atomic E-state index is 0.868. The van der Waals surface area contributed by atoms with E-state index >= 15 is 0 Å². The van der Waals surface area contributed by atoms with Crippen LogP contribution < -0.4 is 10.1 Å². The van der Waals surface area contributed by atoms with Gasteiger partial charge in [-0.05, 0) is 42.8 Å². The molecule has 2 heteroatoms. The first kappa shape index (κ1) is 12.7. The van der Waals surface area contributed by atoms with Crippen molar-refractivity contribution in [2.45, 2.75) is 13.5 Å². The highest BCUT2D eigenvalue weighted by Crippen LogP contribution is 2.27. The lowest BCUT2D eigenvalue weighted by molar-refractivity contribution is 0.415. The number of ether oxygens (including phenoxy) is 1. The van der Waals surface area contributed by atoms with E-state index in [-0.39, 0.29) is 0 Å². The third-order valence-electron chi connectivity index (χ3n) is 3.01.